The zero-order valence-electron chi connectivity index (χ0n) is 11.1. The number of oxime groups is 1. The molecular formula is C16H13N3O2. The van der Waals surface area contributed by atoms with Crippen LogP contribution in [0.15, 0.2) is 66.1 Å². The van der Waals surface area contributed by atoms with Gasteiger partial charge in [-0.25, -0.2) is 0 Å². The van der Waals surface area contributed by atoms with Crippen LogP contribution in [0.4, 0.5) is 0 Å². The molecule has 21 heavy (non-hydrogen) atoms. The second-order valence-electron chi connectivity index (χ2n) is 4.44. The highest BCUT2D eigenvalue weighted by molar-refractivity contribution is 5.99. The minimum atomic E-state index is -0.0207. The summed E-state index contributed by atoms with van der Waals surface area (Å²) in [5, 5.41) is 13.9. The van der Waals surface area contributed by atoms with Crippen LogP contribution in [0.1, 0.15) is 5.56 Å². The van der Waals surface area contributed by atoms with Crippen molar-refractivity contribution in [3.05, 3.63) is 66.5 Å². The summed E-state index contributed by atoms with van der Waals surface area (Å²) >= 11 is 0. The quantitative estimate of drug-likeness (QED) is 0.334. The minimum Gasteiger partial charge on any atom is -0.454 e. The Hall–Kier alpha value is -3.08. The Morgan fingerprint density at radius 1 is 1.05 bits per heavy atom. The van der Waals surface area contributed by atoms with Gasteiger partial charge in [-0.3, -0.25) is 4.98 Å². The highest BCUT2D eigenvalue weighted by atomic mass is 16.5. The summed E-state index contributed by atoms with van der Waals surface area (Å²) in [6.07, 6.45) is 3.10. The van der Waals surface area contributed by atoms with Gasteiger partial charge in [-0.05, 0) is 17.5 Å². The van der Waals surface area contributed by atoms with Gasteiger partial charge in [-0.2, -0.15) is 0 Å². The highest BCUT2D eigenvalue weighted by Gasteiger charge is 2.10. The Morgan fingerprint density at radius 2 is 1.86 bits per heavy atom. The Labute approximate surface area is 121 Å². The SMILES string of the molecule is N/C(=N/O)c1ccncc1Oc1cccc2ccccc12. The van der Waals surface area contributed by atoms with Crippen LogP contribution in [-0.4, -0.2) is 16.0 Å². The molecule has 0 aliphatic rings. The maximum Gasteiger partial charge on any atom is 0.173 e. The molecule has 5 nitrogen and oxygen atoms in total. The summed E-state index contributed by atoms with van der Waals surface area (Å²) in [6.45, 7) is 0. The Kier molecular flexibility index (Phi) is 3.39. The van der Waals surface area contributed by atoms with Crippen molar-refractivity contribution >= 4 is 16.6 Å². The molecule has 0 saturated carbocycles. The molecule has 5 heteroatoms. The van der Waals surface area contributed by atoms with Gasteiger partial charge in [-0.1, -0.05) is 41.6 Å². The molecule has 0 bridgehead atoms. The van der Waals surface area contributed by atoms with Gasteiger partial charge in [0.2, 0.25) is 0 Å². The summed E-state index contributed by atoms with van der Waals surface area (Å²) in [5.74, 6) is 1.10. The molecule has 0 unspecified atom stereocenters. The second-order valence-corrected chi connectivity index (χ2v) is 4.44. The average Bonchev–Trinajstić information content (AvgIpc) is 2.55. The van der Waals surface area contributed by atoms with Crippen molar-refractivity contribution in [3.63, 3.8) is 0 Å². The van der Waals surface area contributed by atoms with E-state index in [4.69, 9.17) is 15.7 Å². The first kappa shape index (κ1) is 12.9. The molecule has 1 heterocycles. The topological polar surface area (TPSA) is 80.7 Å². The lowest BCUT2D eigenvalue weighted by Gasteiger charge is -2.11. The van der Waals surface area contributed by atoms with Gasteiger partial charge in [0.25, 0.3) is 0 Å². The van der Waals surface area contributed by atoms with Crippen molar-refractivity contribution in [3.8, 4) is 11.5 Å². The molecule has 3 aromatic rings. The van der Waals surface area contributed by atoms with E-state index in [1.165, 1.54) is 6.20 Å². The van der Waals surface area contributed by atoms with E-state index in [2.05, 4.69) is 10.1 Å². The molecular weight excluding hydrogens is 266 g/mol. The first-order valence-corrected chi connectivity index (χ1v) is 6.37. The average molecular weight is 279 g/mol. The molecule has 0 radical (unpaired) electrons. The van der Waals surface area contributed by atoms with Crippen molar-refractivity contribution in [1.82, 2.24) is 4.98 Å². The predicted molar refractivity (Wildman–Crippen MR) is 80.8 cm³/mol. The summed E-state index contributed by atoms with van der Waals surface area (Å²) in [6, 6.07) is 15.3. The molecule has 1 aromatic heterocycles. The van der Waals surface area contributed by atoms with Crippen molar-refractivity contribution < 1.29 is 9.94 Å². The fourth-order valence-corrected chi connectivity index (χ4v) is 2.13. The van der Waals surface area contributed by atoms with E-state index < -0.39 is 0 Å². The maximum atomic E-state index is 8.84. The van der Waals surface area contributed by atoms with Crippen LogP contribution in [0, 0.1) is 0 Å². The second kappa shape index (κ2) is 5.50. The third-order valence-electron chi connectivity index (χ3n) is 3.14. The Morgan fingerprint density at radius 3 is 2.71 bits per heavy atom. The zero-order valence-corrected chi connectivity index (χ0v) is 11.1. The molecule has 3 rings (SSSR count). The van der Waals surface area contributed by atoms with Gasteiger partial charge in [0.05, 0.1) is 11.8 Å². The number of hydrogen-bond acceptors (Lipinski definition) is 4. The van der Waals surface area contributed by atoms with E-state index in [0.717, 1.165) is 10.8 Å². The smallest absolute Gasteiger partial charge is 0.173 e. The lowest BCUT2D eigenvalue weighted by molar-refractivity contribution is 0.318. The van der Waals surface area contributed by atoms with E-state index in [1.807, 2.05) is 42.5 Å². The number of ether oxygens (including phenoxy) is 1. The molecule has 2 aromatic carbocycles. The molecule has 0 amide bonds. The highest BCUT2D eigenvalue weighted by Crippen LogP contribution is 2.30. The van der Waals surface area contributed by atoms with E-state index in [-0.39, 0.29) is 5.84 Å². The third kappa shape index (κ3) is 2.49. The van der Waals surface area contributed by atoms with Crippen LogP contribution in [0.5, 0.6) is 11.5 Å². The van der Waals surface area contributed by atoms with Gasteiger partial charge in [-0.15, -0.1) is 0 Å². The molecule has 0 saturated heterocycles. The summed E-state index contributed by atoms with van der Waals surface area (Å²) < 4.78 is 5.91. The Balaban J connectivity index is 2.08. The molecule has 0 spiro atoms. The lowest BCUT2D eigenvalue weighted by Crippen LogP contribution is -2.14. The molecule has 0 aliphatic carbocycles. The standard InChI is InChI=1S/C16H13N3O2/c17-16(19-20)13-8-9-18-10-15(13)21-14-7-3-5-11-4-1-2-6-12(11)14/h1-10,20H,(H2,17,19). The van der Waals surface area contributed by atoms with Crippen molar-refractivity contribution in [2.45, 2.75) is 0 Å². The van der Waals surface area contributed by atoms with Crippen molar-refractivity contribution in [2.24, 2.45) is 10.9 Å². The third-order valence-corrected chi connectivity index (χ3v) is 3.14. The normalized spacial score (nSPS) is 11.5. The van der Waals surface area contributed by atoms with Gasteiger partial charge in [0, 0.05) is 11.6 Å². The van der Waals surface area contributed by atoms with Crippen LogP contribution in [0.25, 0.3) is 10.8 Å². The number of aromatic nitrogens is 1. The minimum absolute atomic E-state index is 0.0207. The van der Waals surface area contributed by atoms with Crippen LogP contribution in [-0.2, 0) is 0 Å². The fourth-order valence-electron chi connectivity index (χ4n) is 2.13. The number of nitrogens with two attached hydrogens (primary N) is 1. The number of hydrogen-bond donors (Lipinski definition) is 2. The van der Waals surface area contributed by atoms with Crippen LogP contribution in [0.2, 0.25) is 0 Å². The van der Waals surface area contributed by atoms with E-state index in [1.54, 1.807) is 12.3 Å². The lowest BCUT2D eigenvalue weighted by atomic mass is 10.1. The largest absolute Gasteiger partial charge is 0.454 e. The van der Waals surface area contributed by atoms with Crippen molar-refractivity contribution in [2.75, 3.05) is 0 Å². The van der Waals surface area contributed by atoms with Crippen LogP contribution < -0.4 is 10.5 Å². The van der Waals surface area contributed by atoms with E-state index in [0.29, 0.717) is 17.1 Å². The van der Waals surface area contributed by atoms with E-state index in [9.17, 15) is 0 Å². The fraction of sp³-hybridized carbons (Fsp3) is 0. The molecule has 0 atom stereocenters. The van der Waals surface area contributed by atoms with E-state index >= 15 is 0 Å². The Bertz CT molecular complexity index is 810. The number of benzene rings is 2. The van der Waals surface area contributed by atoms with Gasteiger partial charge >= 0.3 is 0 Å². The maximum absolute atomic E-state index is 8.84. The molecule has 0 aliphatic heterocycles. The number of pyridine rings is 1. The number of amidine groups is 1. The van der Waals surface area contributed by atoms with Crippen molar-refractivity contribution in [1.29, 1.82) is 0 Å². The summed E-state index contributed by atoms with van der Waals surface area (Å²) in [4.78, 5) is 4.02. The number of fused-ring (bicyclic) bond motifs is 1. The zero-order chi connectivity index (χ0) is 14.7. The number of rotatable bonds is 3. The first-order valence-electron chi connectivity index (χ1n) is 6.37. The molecule has 104 valence electrons. The first-order chi connectivity index (χ1) is 10.3. The molecule has 3 N–H and O–H groups in total. The van der Waals surface area contributed by atoms with Gasteiger partial charge in [0.1, 0.15) is 5.75 Å². The van der Waals surface area contributed by atoms with Crippen LogP contribution >= 0.6 is 0 Å². The van der Waals surface area contributed by atoms with Crippen LogP contribution in [0.3, 0.4) is 0 Å². The summed E-state index contributed by atoms with van der Waals surface area (Å²) in [7, 11) is 0. The predicted octanol–water partition coefficient (Wildman–Crippen LogP) is 3.12. The molecule has 0 fully saturated rings. The summed E-state index contributed by atoms with van der Waals surface area (Å²) in [5.41, 5.74) is 6.14. The van der Waals surface area contributed by atoms with Gasteiger partial charge in [0.15, 0.2) is 11.6 Å². The monoisotopic (exact) mass is 279 g/mol. The van der Waals surface area contributed by atoms with Gasteiger partial charge < -0.3 is 15.7 Å². The number of nitrogens with zero attached hydrogens (tertiary/aromatic N) is 2.